The minimum absolute atomic E-state index is 0.244. The van der Waals surface area contributed by atoms with E-state index in [0.717, 1.165) is 0 Å². The molecule has 0 aliphatic heterocycles. The average molecular weight is 164 g/mol. The van der Waals surface area contributed by atoms with Crippen LogP contribution in [0, 0.1) is 0 Å². The Balaban J connectivity index is 3.15. The summed E-state index contributed by atoms with van der Waals surface area (Å²) in [4.78, 5) is 22.0. The molecule has 2 aromatic rings. The second-order valence-corrected chi connectivity index (χ2v) is 2.24. The molecule has 4 heteroatoms. The Morgan fingerprint density at radius 2 is 1.25 bits per heavy atom. The Kier molecular flexibility index (Phi) is 1.33. The normalized spacial score (nSPS) is 10.3. The molecule has 0 aromatic carbocycles. The summed E-state index contributed by atoms with van der Waals surface area (Å²) in [5.74, 6) is 0. The first kappa shape index (κ1) is 6.84. The molecule has 0 N–H and O–H groups in total. The van der Waals surface area contributed by atoms with Gasteiger partial charge in [0, 0.05) is 0 Å². The van der Waals surface area contributed by atoms with Gasteiger partial charge in [0.15, 0.2) is 0 Å². The summed E-state index contributed by atoms with van der Waals surface area (Å²) in [5.41, 5.74) is -1.05. The van der Waals surface area contributed by atoms with Crippen LogP contribution in [0.15, 0.2) is 43.1 Å². The molecule has 0 amide bonds. The van der Waals surface area contributed by atoms with E-state index in [4.69, 9.17) is 0 Å². The Morgan fingerprint density at radius 1 is 0.833 bits per heavy atom. The van der Waals surface area contributed by atoms with Gasteiger partial charge in [0.1, 0.15) is 0 Å². The van der Waals surface area contributed by atoms with Gasteiger partial charge < -0.3 is 8.83 Å². The van der Waals surface area contributed by atoms with Crippen LogP contribution in [-0.4, -0.2) is 0 Å². The van der Waals surface area contributed by atoms with Crippen molar-refractivity contribution in [2.75, 3.05) is 0 Å². The molecule has 2 rings (SSSR count). The molecule has 0 aliphatic rings. The summed E-state index contributed by atoms with van der Waals surface area (Å²) in [6.45, 7) is 0. The van der Waals surface area contributed by atoms with Crippen molar-refractivity contribution in [2.45, 2.75) is 0 Å². The summed E-state index contributed by atoms with van der Waals surface area (Å²) in [6, 6.07) is 2.81. The fourth-order valence-electron chi connectivity index (χ4n) is 0.990. The largest absolute Gasteiger partial charge is 0.431 e. The standard InChI is InChI=1S/C8H4O4/c9-7-5-1-3-11-8(10)6(5)2-4-12-7/h1-4H. The summed E-state index contributed by atoms with van der Waals surface area (Å²) in [7, 11) is 0. The van der Waals surface area contributed by atoms with Crippen LogP contribution in [0.25, 0.3) is 10.8 Å². The van der Waals surface area contributed by atoms with Gasteiger partial charge in [-0.3, -0.25) is 0 Å². The van der Waals surface area contributed by atoms with E-state index in [2.05, 4.69) is 8.83 Å². The lowest BCUT2D eigenvalue weighted by molar-refractivity contribution is 0.504. The van der Waals surface area contributed by atoms with E-state index in [9.17, 15) is 9.59 Å². The van der Waals surface area contributed by atoms with E-state index < -0.39 is 11.3 Å². The first-order valence-electron chi connectivity index (χ1n) is 3.28. The SMILES string of the molecule is O=c1occc2c(=O)occc12. The minimum Gasteiger partial charge on any atom is -0.431 e. The Bertz CT molecular complexity index is 471. The molecule has 60 valence electrons. The molecule has 4 nitrogen and oxygen atoms in total. The predicted octanol–water partition coefficient (Wildman–Crippen LogP) is 0.746. The monoisotopic (exact) mass is 164 g/mol. The fourth-order valence-corrected chi connectivity index (χ4v) is 0.990. The second-order valence-electron chi connectivity index (χ2n) is 2.24. The highest BCUT2D eigenvalue weighted by Crippen LogP contribution is 2.01. The fraction of sp³-hybridized carbons (Fsp3) is 0. The van der Waals surface area contributed by atoms with E-state index in [0.29, 0.717) is 0 Å². The zero-order valence-electron chi connectivity index (χ0n) is 5.94. The highest BCUT2D eigenvalue weighted by atomic mass is 16.4. The van der Waals surface area contributed by atoms with Gasteiger partial charge in [0.05, 0.1) is 23.3 Å². The maximum atomic E-state index is 11.0. The van der Waals surface area contributed by atoms with Gasteiger partial charge in [0.2, 0.25) is 0 Å². The van der Waals surface area contributed by atoms with Crippen molar-refractivity contribution in [2.24, 2.45) is 0 Å². The highest BCUT2D eigenvalue weighted by molar-refractivity contribution is 5.78. The second kappa shape index (κ2) is 2.34. The third-order valence-electron chi connectivity index (χ3n) is 1.55. The third-order valence-corrected chi connectivity index (χ3v) is 1.55. The van der Waals surface area contributed by atoms with Gasteiger partial charge in [-0.15, -0.1) is 0 Å². The van der Waals surface area contributed by atoms with Crippen LogP contribution in [0.2, 0.25) is 0 Å². The number of rotatable bonds is 0. The van der Waals surface area contributed by atoms with Crippen LogP contribution < -0.4 is 11.3 Å². The first-order chi connectivity index (χ1) is 5.79. The predicted molar refractivity (Wildman–Crippen MR) is 41.0 cm³/mol. The Labute approximate surface area is 66.0 Å². The topological polar surface area (TPSA) is 60.4 Å². The molecule has 12 heavy (non-hydrogen) atoms. The average Bonchev–Trinajstić information content (AvgIpc) is 2.07. The molecule has 2 aromatic heterocycles. The third kappa shape index (κ3) is 0.852. The molecule has 0 saturated carbocycles. The van der Waals surface area contributed by atoms with Crippen molar-refractivity contribution in [1.82, 2.24) is 0 Å². The molecule has 0 radical (unpaired) electrons. The highest BCUT2D eigenvalue weighted by Gasteiger charge is 2.02. The molecule has 0 aliphatic carbocycles. The molecule has 0 saturated heterocycles. The van der Waals surface area contributed by atoms with Gasteiger partial charge in [-0.2, -0.15) is 0 Å². The van der Waals surface area contributed by atoms with Crippen LogP contribution in [0.5, 0.6) is 0 Å². The van der Waals surface area contributed by atoms with Crippen molar-refractivity contribution in [3.05, 3.63) is 45.5 Å². The smallest absolute Gasteiger partial charge is 0.343 e. The number of hydrogen-bond donors (Lipinski definition) is 0. The van der Waals surface area contributed by atoms with Crippen LogP contribution in [0.4, 0.5) is 0 Å². The van der Waals surface area contributed by atoms with E-state index >= 15 is 0 Å². The minimum atomic E-state index is -0.527. The summed E-state index contributed by atoms with van der Waals surface area (Å²) in [6.07, 6.45) is 2.34. The molecule has 2 heterocycles. The van der Waals surface area contributed by atoms with Crippen LogP contribution >= 0.6 is 0 Å². The summed E-state index contributed by atoms with van der Waals surface area (Å²) < 4.78 is 9.12. The van der Waals surface area contributed by atoms with Crippen LogP contribution in [-0.2, 0) is 0 Å². The number of hydrogen-bond acceptors (Lipinski definition) is 4. The van der Waals surface area contributed by atoms with Crippen molar-refractivity contribution in [3.63, 3.8) is 0 Å². The molecule has 0 atom stereocenters. The lowest BCUT2D eigenvalue weighted by atomic mass is 10.2. The summed E-state index contributed by atoms with van der Waals surface area (Å²) in [5, 5.41) is 0.488. The van der Waals surface area contributed by atoms with Gasteiger partial charge in [-0.25, -0.2) is 9.59 Å². The zero-order chi connectivity index (χ0) is 8.55. The molecular weight excluding hydrogens is 160 g/mol. The quantitative estimate of drug-likeness (QED) is 0.576. The molecule has 0 bridgehead atoms. The number of fused-ring (bicyclic) bond motifs is 1. The van der Waals surface area contributed by atoms with Gasteiger partial charge in [-0.05, 0) is 12.1 Å². The van der Waals surface area contributed by atoms with Crippen molar-refractivity contribution < 1.29 is 8.83 Å². The van der Waals surface area contributed by atoms with Gasteiger partial charge in [-0.1, -0.05) is 0 Å². The molecule has 0 spiro atoms. The van der Waals surface area contributed by atoms with E-state index in [-0.39, 0.29) is 10.8 Å². The molecule has 0 fully saturated rings. The van der Waals surface area contributed by atoms with Crippen LogP contribution in [0.1, 0.15) is 0 Å². The maximum absolute atomic E-state index is 11.0. The van der Waals surface area contributed by atoms with Gasteiger partial charge in [0.25, 0.3) is 0 Å². The maximum Gasteiger partial charge on any atom is 0.343 e. The van der Waals surface area contributed by atoms with Crippen LogP contribution in [0.3, 0.4) is 0 Å². The molecule has 0 unspecified atom stereocenters. The first-order valence-corrected chi connectivity index (χ1v) is 3.28. The van der Waals surface area contributed by atoms with E-state index in [1.807, 2.05) is 0 Å². The van der Waals surface area contributed by atoms with Crippen molar-refractivity contribution in [1.29, 1.82) is 0 Å². The molecular formula is C8H4O4. The van der Waals surface area contributed by atoms with Crippen molar-refractivity contribution >= 4 is 10.8 Å². The van der Waals surface area contributed by atoms with E-state index in [1.54, 1.807) is 0 Å². The Morgan fingerprint density at radius 3 is 1.67 bits per heavy atom. The zero-order valence-corrected chi connectivity index (χ0v) is 5.94. The lowest BCUT2D eigenvalue weighted by Crippen LogP contribution is -2.05. The lowest BCUT2D eigenvalue weighted by Gasteiger charge is -1.89. The van der Waals surface area contributed by atoms with Gasteiger partial charge >= 0.3 is 11.3 Å². The summed E-state index contributed by atoms with van der Waals surface area (Å²) >= 11 is 0. The Hall–Kier alpha value is -1.84. The van der Waals surface area contributed by atoms with Crippen molar-refractivity contribution in [3.8, 4) is 0 Å². The van der Waals surface area contributed by atoms with E-state index in [1.165, 1.54) is 24.7 Å².